The number of nitro groups is 1. The molecule has 0 aliphatic rings. The van der Waals surface area contributed by atoms with E-state index in [-0.39, 0.29) is 5.69 Å². The van der Waals surface area contributed by atoms with Crippen LogP contribution in [-0.4, -0.2) is 21.2 Å². The molecule has 0 bridgehead atoms. The van der Waals surface area contributed by atoms with E-state index in [0.717, 1.165) is 23.5 Å². The molecular weight excluding hydrogens is 244 g/mol. The summed E-state index contributed by atoms with van der Waals surface area (Å²) in [5.41, 5.74) is 2.66. The van der Waals surface area contributed by atoms with E-state index >= 15 is 0 Å². The lowest BCUT2D eigenvalue weighted by Crippen LogP contribution is -2.12. The number of aromatic nitrogens is 2. The van der Waals surface area contributed by atoms with Gasteiger partial charge in [0.25, 0.3) is 5.69 Å². The van der Waals surface area contributed by atoms with E-state index in [2.05, 4.69) is 10.4 Å². The number of nitrogens with zero attached hydrogens (tertiary/aromatic N) is 3. The number of benzene rings is 1. The van der Waals surface area contributed by atoms with Gasteiger partial charge in [-0.2, -0.15) is 5.10 Å². The van der Waals surface area contributed by atoms with Crippen LogP contribution in [0.3, 0.4) is 0 Å². The van der Waals surface area contributed by atoms with Gasteiger partial charge in [0, 0.05) is 24.9 Å². The van der Waals surface area contributed by atoms with Gasteiger partial charge >= 0.3 is 0 Å². The first-order valence-electron chi connectivity index (χ1n) is 6.12. The monoisotopic (exact) mass is 260 g/mol. The summed E-state index contributed by atoms with van der Waals surface area (Å²) in [5, 5.41) is 18.4. The average molecular weight is 260 g/mol. The highest BCUT2D eigenvalue weighted by atomic mass is 16.6. The fourth-order valence-electron chi connectivity index (χ4n) is 1.80. The summed E-state index contributed by atoms with van der Waals surface area (Å²) in [7, 11) is 0. The average Bonchev–Trinajstić information content (AvgIpc) is 2.85. The van der Waals surface area contributed by atoms with Crippen molar-refractivity contribution >= 4 is 5.69 Å². The van der Waals surface area contributed by atoms with E-state index in [0.29, 0.717) is 6.54 Å². The van der Waals surface area contributed by atoms with Crippen LogP contribution in [0.15, 0.2) is 30.5 Å². The van der Waals surface area contributed by atoms with Crippen LogP contribution in [0.5, 0.6) is 0 Å². The Morgan fingerprint density at radius 2 is 2.21 bits per heavy atom. The molecule has 0 spiro atoms. The van der Waals surface area contributed by atoms with Crippen molar-refractivity contribution in [2.75, 3.05) is 6.54 Å². The summed E-state index contributed by atoms with van der Waals surface area (Å²) < 4.78 is 1.68. The number of aryl methyl sites for hydroxylation is 1. The van der Waals surface area contributed by atoms with Crippen molar-refractivity contribution in [1.82, 2.24) is 15.1 Å². The molecule has 0 aliphatic heterocycles. The maximum Gasteiger partial charge on any atom is 0.271 e. The Morgan fingerprint density at radius 1 is 1.42 bits per heavy atom. The summed E-state index contributed by atoms with van der Waals surface area (Å²) in [5.74, 6) is 0. The molecule has 6 nitrogen and oxygen atoms in total. The molecule has 19 heavy (non-hydrogen) atoms. The summed E-state index contributed by atoms with van der Waals surface area (Å²) in [6, 6.07) is 6.68. The molecule has 0 saturated carbocycles. The minimum absolute atomic E-state index is 0.0735. The minimum atomic E-state index is -0.397. The van der Waals surface area contributed by atoms with Gasteiger partial charge < -0.3 is 5.32 Å². The number of nitro benzene ring substituents is 1. The largest absolute Gasteiger partial charge is 0.311 e. The van der Waals surface area contributed by atoms with E-state index in [4.69, 9.17) is 0 Å². The smallest absolute Gasteiger partial charge is 0.271 e. The molecule has 1 heterocycles. The van der Waals surface area contributed by atoms with Crippen LogP contribution in [0.4, 0.5) is 5.69 Å². The first-order valence-corrected chi connectivity index (χ1v) is 6.12. The van der Waals surface area contributed by atoms with Crippen molar-refractivity contribution < 1.29 is 4.92 Å². The summed E-state index contributed by atoms with van der Waals surface area (Å²) in [6.07, 6.45) is 1.82. The highest BCUT2D eigenvalue weighted by molar-refractivity contribution is 5.48. The first kappa shape index (κ1) is 13.2. The van der Waals surface area contributed by atoms with Crippen LogP contribution in [0.2, 0.25) is 0 Å². The highest BCUT2D eigenvalue weighted by Crippen LogP contribution is 2.20. The second kappa shape index (κ2) is 5.62. The van der Waals surface area contributed by atoms with Crippen molar-refractivity contribution in [3.63, 3.8) is 0 Å². The molecule has 0 atom stereocenters. The van der Waals surface area contributed by atoms with Crippen LogP contribution in [0.25, 0.3) is 5.69 Å². The van der Waals surface area contributed by atoms with Crippen molar-refractivity contribution in [2.45, 2.75) is 20.4 Å². The number of nitrogens with one attached hydrogen (secondary N) is 1. The first-order chi connectivity index (χ1) is 9.11. The molecule has 0 amide bonds. The lowest BCUT2D eigenvalue weighted by atomic mass is 10.2. The zero-order valence-corrected chi connectivity index (χ0v) is 11.0. The number of non-ortho nitro benzene ring substituents is 1. The molecule has 6 heteroatoms. The van der Waals surface area contributed by atoms with E-state index in [9.17, 15) is 10.1 Å². The molecular formula is C13H16N4O2. The van der Waals surface area contributed by atoms with Gasteiger partial charge in [-0.3, -0.25) is 10.1 Å². The minimum Gasteiger partial charge on any atom is -0.311 e. The molecule has 0 aliphatic carbocycles. The molecule has 0 unspecified atom stereocenters. The topological polar surface area (TPSA) is 73.0 Å². The third-order valence-corrected chi connectivity index (χ3v) is 2.85. The van der Waals surface area contributed by atoms with Crippen LogP contribution < -0.4 is 5.32 Å². The Labute approximate surface area is 111 Å². The van der Waals surface area contributed by atoms with Gasteiger partial charge in [-0.25, -0.2) is 4.68 Å². The number of hydrogen-bond donors (Lipinski definition) is 1. The fraction of sp³-hybridized carbons (Fsp3) is 0.308. The van der Waals surface area contributed by atoms with Gasteiger partial charge in [-0.05, 0) is 25.1 Å². The predicted molar refractivity (Wildman–Crippen MR) is 72.3 cm³/mol. The SMILES string of the molecule is CCNCc1ccn(-c2cc([N+](=O)[O-])ccc2C)n1. The van der Waals surface area contributed by atoms with Crippen molar-refractivity contribution in [2.24, 2.45) is 0 Å². The quantitative estimate of drug-likeness (QED) is 0.660. The van der Waals surface area contributed by atoms with Gasteiger partial charge in [0.1, 0.15) is 0 Å². The van der Waals surface area contributed by atoms with E-state index in [1.54, 1.807) is 16.8 Å². The van der Waals surface area contributed by atoms with Crippen LogP contribution in [-0.2, 0) is 6.54 Å². The zero-order chi connectivity index (χ0) is 13.8. The Morgan fingerprint density at radius 3 is 2.89 bits per heavy atom. The summed E-state index contributed by atoms with van der Waals surface area (Å²) in [4.78, 5) is 10.4. The van der Waals surface area contributed by atoms with Gasteiger partial charge in [-0.1, -0.05) is 13.0 Å². The molecule has 1 aromatic carbocycles. The molecule has 100 valence electrons. The second-order valence-electron chi connectivity index (χ2n) is 4.26. The third kappa shape index (κ3) is 2.97. The molecule has 2 aromatic rings. The Balaban J connectivity index is 2.32. The van der Waals surface area contributed by atoms with Crippen LogP contribution >= 0.6 is 0 Å². The van der Waals surface area contributed by atoms with Gasteiger partial charge in [0.05, 0.1) is 16.3 Å². The summed E-state index contributed by atoms with van der Waals surface area (Å²) in [6.45, 7) is 5.51. The van der Waals surface area contributed by atoms with Crippen molar-refractivity contribution in [1.29, 1.82) is 0 Å². The van der Waals surface area contributed by atoms with Crippen LogP contribution in [0, 0.1) is 17.0 Å². The highest BCUT2D eigenvalue weighted by Gasteiger charge is 2.11. The maximum atomic E-state index is 10.8. The third-order valence-electron chi connectivity index (χ3n) is 2.85. The molecule has 1 N–H and O–H groups in total. The van der Waals surface area contributed by atoms with Crippen molar-refractivity contribution in [3.05, 3.63) is 51.8 Å². The molecule has 1 aromatic heterocycles. The normalized spacial score (nSPS) is 10.6. The Bertz CT molecular complexity index is 592. The lowest BCUT2D eigenvalue weighted by molar-refractivity contribution is -0.384. The standard InChI is InChI=1S/C13H16N4O2/c1-3-14-9-11-6-7-16(15-11)13-8-12(17(18)19)5-4-10(13)2/h4-8,14H,3,9H2,1-2H3. The Kier molecular flexibility index (Phi) is 3.91. The maximum absolute atomic E-state index is 10.8. The molecule has 2 rings (SSSR count). The molecule has 0 saturated heterocycles. The number of hydrogen-bond acceptors (Lipinski definition) is 4. The number of rotatable bonds is 5. The lowest BCUT2D eigenvalue weighted by Gasteiger charge is -2.05. The van der Waals surface area contributed by atoms with Gasteiger partial charge in [0.2, 0.25) is 0 Å². The summed E-state index contributed by atoms with van der Waals surface area (Å²) >= 11 is 0. The van der Waals surface area contributed by atoms with E-state index < -0.39 is 4.92 Å². The van der Waals surface area contributed by atoms with E-state index in [1.165, 1.54) is 6.07 Å². The van der Waals surface area contributed by atoms with Crippen molar-refractivity contribution in [3.8, 4) is 5.69 Å². The van der Waals surface area contributed by atoms with Gasteiger partial charge in [0.15, 0.2) is 0 Å². The zero-order valence-electron chi connectivity index (χ0n) is 11.0. The fourth-order valence-corrected chi connectivity index (χ4v) is 1.80. The molecule has 0 radical (unpaired) electrons. The second-order valence-corrected chi connectivity index (χ2v) is 4.26. The van der Waals surface area contributed by atoms with E-state index in [1.807, 2.05) is 26.1 Å². The molecule has 0 fully saturated rings. The predicted octanol–water partition coefficient (Wildman–Crippen LogP) is 2.20. The van der Waals surface area contributed by atoms with Crippen LogP contribution in [0.1, 0.15) is 18.2 Å². The van der Waals surface area contributed by atoms with Gasteiger partial charge in [-0.15, -0.1) is 0 Å². The Hall–Kier alpha value is -2.21.